The molecule has 7 heteroatoms. The largest absolute Gasteiger partial charge is 0.311 e. The summed E-state index contributed by atoms with van der Waals surface area (Å²) in [4.78, 5) is 17.4. The standard InChI is InChI=1S/C21H31N3O3S/c1-17-7-3-6-11-22(17)16-21(25)24-14-10-18-15-19(8-9-20(18)24)28(26,27)23-12-4-2-5-13-23/h8-9,15,17H,2-7,10-14,16H2,1H3. The Balaban J connectivity index is 1.49. The summed E-state index contributed by atoms with van der Waals surface area (Å²) in [6.45, 7) is 5.50. The molecule has 1 aromatic carbocycles. The van der Waals surface area contributed by atoms with Crippen molar-refractivity contribution >= 4 is 21.6 Å². The molecule has 4 rings (SSSR count). The minimum Gasteiger partial charge on any atom is -0.311 e. The minimum atomic E-state index is -3.43. The molecule has 3 aliphatic rings. The van der Waals surface area contributed by atoms with Gasteiger partial charge in [-0.2, -0.15) is 4.31 Å². The van der Waals surface area contributed by atoms with E-state index in [2.05, 4.69) is 11.8 Å². The number of likely N-dealkylation sites (tertiary alicyclic amines) is 1. The van der Waals surface area contributed by atoms with Crippen molar-refractivity contribution in [2.75, 3.05) is 37.6 Å². The van der Waals surface area contributed by atoms with Crippen LogP contribution >= 0.6 is 0 Å². The number of benzene rings is 1. The minimum absolute atomic E-state index is 0.124. The molecule has 0 aliphatic carbocycles. The van der Waals surface area contributed by atoms with Crippen LogP contribution in [0.4, 0.5) is 5.69 Å². The van der Waals surface area contributed by atoms with Gasteiger partial charge < -0.3 is 4.90 Å². The molecule has 1 atom stereocenters. The fraction of sp³-hybridized carbons (Fsp3) is 0.667. The molecule has 0 spiro atoms. The van der Waals surface area contributed by atoms with E-state index in [1.165, 1.54) is 6.42 Å². The molecule has 0 saturated carbocycles. The number of piperidine rings is 2. The summed E-state index contributed by atoms with van der Waals surface area (Å²) in [5.41, 5.74) is 1.85. The molecule has 1 aromatic rings. The van der Waals surface area contributed by atoms with Gasteiger partial charge in [-0.15, -0.1) is 0 Å². The first-order valence-corrected chi connectivity index (χ1v) is 12.1. The highest BCUT2D eigenvalue weighted by atomic mass is 32.2. The Kier molecular flexibility index (Phi) is 5.76. The van der Waals surface area contributed by atoms with Crippen LogP contribution in [0, 0.1) is 0 Å². The van der Waals surface area contributed by atoms with Crippen molar-refractivity contribution in [3.63, 3.8) is 0 Å². The Bertz CT molecular complexity index is 833. The van der Waals surface area contributed by atoms with Crippen molar-refractivity contribution in [3.05, 3.63) is 23.8 Å². The first-order chi connectivity index (χ1) is 13.5. The van der Waals surface area contributed by atoms with E-state index in [0.29, 0.717) is 37.1 Å². The lowest BCUT2D eigenvalue weighted by atomic mass is 10.0. The van der Waals surface area contributed by atoms with E-state index in [1.54, 1.807) is 16.4 Å². The van der Waals surface area contributed by atoms with Crippen molar-refractivity contribution in [1.82, 2.24) is 9.21 Å². The third-order valence-electron chi connectivity index (χ3n) is 6.48. The van der Waals surface area contributed by atoms with Gasteiger partial charge in [-0.25, -0.2) is 8.42 Å². The second kappa shape index (κ2) is 8.13. The molecule has 154 valence electrons. The van der Waals surface area contributed by atoms with Crippen LogP contribution in [0.1, 0.15) is 51.0 Å². The molecule has 3 aliphatic heterocycles. The highest BCUT2D eigenvalue weighted by molar-refractivity contribution is 7.89. The zero-order valence-electron chi connectivity index (χ0n) is 16.8. The van der Waals surface area contributed by atoms with Crippen LogP contribution < -0.4 is 4.90 Å². The maximum atomic E-state index is 12.9. The molecule has 0 N–H and O–H groups in total. The van der Waals surface area contributed by atoms with Crippen LogP contribution in [0.5, 0.6) is 0 Å². The number of hydrogen-bond acceptors (Lipinski definition) is 4. The number of amides is 1. The Labute approximate surface area is 168 Å². The van der Waals surface area contributed by atoms with Gasteiger partial charge >= 0.3 is 0 Å². The molecule has 0 radical (unpaired) electrons. The first kappa shape index (κ1) is 19.9. The number of nitrogens with zero attached hydrogens (tertiary/aromatic N) is 3. The molecule has 28 heavy (non-hydrogen) atoms. The number of sulfonamides is 1. The first-order valence-electron chi connectivity index (χ1n) is 10.6. The summed E-state index contributed by atoms with van der Waals surface area (Å²) >= 11 is 0. The van der Waals surface area contributed by atoms with Crippen LogP contribution in [0.25, 0.3) is 0 Å². The highest BCUT2D eigenvalue weighted by Crippen LogP contribution is 2.32. The summed E-state index contributed by atoms with van der Waals surface area (Å²) in [7, 11) is -3.43. The average molecular weight is 406 g/mol. The van der Waals surface area contributed by atoms with E-state index >= 15 is 0 Å². The molecule has 1 amide bonds. The van der Waals surface area contributed by atoms with Crippen LogP contribution in [0.15, 0.2) is 23.1 Å². The molecule has 1 unspecified atom stereocenters. The third-order valence-corrected chi connectivity index (χ3v) is 8.37. The van der Waals surface area contributed by atoms with Gasteiger partial charge in [-0.1, -0.05) is 12.8 Å². The summed E-state index contributed by atoms with van der Waals surface area (Å²) in [5, 5.41) is 0. The van der Waals surface area contributed by atoms with E-state index in [1.807, 2.05) is 11.0 Å². The molecule has 2 saturated heterocycles. The predicted octanol–water partition coefficient (Wildman–Crippen LogP) is 2.62. The Morgan fingerprint density at radius 3 is 2.54 bits per heavy atom. The monoisotopic (exact) mass is 405 g/mol. The van der Waals surface area contributed by atoms with Gasteiger partial charge in [-0.05, 0) is 69.3 Å². The van der Waals surface area contributed by atoms with Gasteiger partial charge in [0.25, 0.3) is 0 Å². The zero-order valence-corrected chi connectivity index (χ0v) is 17.6. The number of rotatable bonds is 4. The lowest BCUT2D eigenvalue weighted by molar-refractivity contribution is -0.120. The van der Waals surface area contributed by atoms with Crippen molar-refractivity contribution < 1.29 is 13.2 Å². The van der Waals surface area contributed by atoms with E-state index < -0.39 is 10.0 Å². The SMILES string of the molecule is CC1CCCCN1CC(=O)N1CCc2cc(S(=O)(=O)N3CCCCC3)ccc21. The number of anilines is 1. The van der Waals surface area contributed by atoms with Crippen LogP contribution in [-0.2, 0) is 21.2 Å². The van der Waals surface area contributed by atoms with E-state index in [4.69, 9.17) is 0 Å². The van der Waals surface area contributed by atoms with E-state index in [-0.39, 0.29) is 5.91 Å². The molecule has 0 bridgehead atoms. The summed E-state index contributed by atoms with van der Waals surface area (Å²) in [6.07, 6.45) is 7.24. The second-order valence-electron chi connectivity index (χ2n) is 8.37. The normalized spacial score (nSPS) is 24.3. The third kappa shape index (κ3) is 3.84. The van der Waals surface area contributed by atoms with Crippen molar-refractivity contribution in [1.29, 1.82) is 0 Å². The zero-order chi connectivity index (χ0) is 19.7. The maximum Gasteiger partial charge on any atom is 0.243 e. The molecule has 3 heterocycles. The second-order valence-corrected chi connectivity index (χ2v) is 10.3. The quantitative estimate of drug-likeness (QED) is 0.773. The van der Waals surface area contributed by atoms with Gasteiger partial charge in [0, 0.05) is 31.4 Å². The molecule has 0 aromatic heterocycles. The summed E-state index contributed by atoms with van der Waals surface area (Å²) < 4.78 is 27.5. The van der Waals surface area contributed by atoms with Crippen molar-refractivity contribution in [2.45, 2.75) is 62.8 Å². The Morgan fingerprint density at radius 1 is 1.04 bits per heavy atom. The van der Waals surface area contributed by atoms with Crippen molar-refractivity contribution in [2.24, 2.45) is 0 Å². The smallest absolute Gasteiger partial charge is 0.243 e. The summed E-state index contributed by atoms with van der Waals surface area (Å²) in [6, 6.07) is 5.75. The maximum absolute atomic E-state index is 12.9. The van der Waals surface area contributed by atoms with Crippen LogP contribution in [0.2, 0.25) is 0 Å². The number of carbonyl (C=O) groups is 1. The molecular weight excluding hydrogens is 374 g/mol. The topological polar surface area (TPSA) is 60.9 Å². The predicted molar refractivity (Wildman–Crippen MR) is 110 cm³/mol. The van der Waals surface area contributed by atoms with Crippen molar-refractivity contribution in [3.8, 4) is 0 Å². The Hall–Kier alpha value is -1.44. The number of hydrogen-bond donors (Lipinski definition) is 0. The van der Waals surface area contributed by atoms with Gasteiger partial charge in [-0.3, -0.25) is 9.69 Å². The fourth-order valence-corrected chi connectivity index (χ4v) is 6.27. The fourth-order valence-electron chi connectivity index (χ4n) is 4.70. The van der Waals surface area contributed by atoms with Gasteiger partial charge in [0.05, 0.1) is 11.4 Å². The summed E-state index contributed by atoms with van der Waals surface area (Å²) in [5.74, 6) is 0.124. The number of fused-ring (bicyclic) bond motifs is 1. The van der Waals surface area contributed by atoms with Crippen LogP contribution in [0.3, 0.4) is 0 Å². The lowest BCUT2D eigenvalue weighted by Crippen LogP contribution is -2.45. The highest BCUT2D eigenvalue weighted by Gasteiger charge is 2.31. The van der Waals surface area contributed by atoms with Gasteiger partial charge in [0.2, 0.25) is 15.9 Å². The number of carbonyl (C=O) groups excluding carboxylic acids is 1. The molecular formula is C21H31N3O3S. The molecule has 2 fully saturated rings. The molecule has 6 nitrogen and oxygen atoms in total. The lowest BCUT2D eigenvalue weighted by Gasteiger charge is -2.33. The van der Waals surface area contributed by atoms with Crippen LogP contribution in [-0.4, -0.2) is 62.3 Å². The Morgan fingerprint density at radius 2 is 1.79 bits per heavy atom. The van der Waals surface area contributed by atoms with Gasteiger partial charge in [0.15, 0.2) is 0 Å². The average Bonchev–Trinajstić information content (AvgIpc) is 3.14. The van der Waals surface area contributed by atoms with E-state index in [0.717, 1.165) is 56.3 Å². The van der Waals surface area contributed by atoms with Gasteiger partial charge in [0.1, 0.15) is 0 Å². The van der Waals surface area contributed by atoms with E-state index in [9.17, 15) is 13.2 Å².